The van der Waals surface area contributed by atoms with Gasteiger partial charge in [-0.15, -0.1) is 0 Å². The highest BCUT2D eigenvalue weighted by molar-refractivity contribution is 5.71. The molecule has 1 aromatic rings. The molecule has 0 amide bonds. The highest BCUT2D eigenvalue weighted by Crippen LogP contribution is 2.17. The number of carbonyl (C=O) groups excluding carboxylic acids is 1. The lowest BCUT2D eigenvalue weighted by Crippen LogP contribution is -2.36. The van der Waals surface area contributed by atoms with Crippen molar-refractivity contribution in [3.05, 3.63) is 23.9 Å². The van der Waals surface area contributed by atoms with Gasteiger partial charge in [0.25, 0.3) is 0 Å². The minimum Gasteiger partial charge on any atom is -0.481 e. The molecule has 1 rings (SSSR count). The smallest absolute Gasteiger partial charge is 0.320 e. The number of carbonyl (C=O) groups is 1. The van der Waals surface area contributed by atoms with Crippen LogP contribution in [0, 0.1) is 0 Å². The zero-order valence-corrected chi connectivity index (χ0v) is 12.0. The highest BCUT2D eigenvalue weighted by atomic mass is 16.5. The SMILES string of the molecule is CCOC(=O)CN(Cc1cccnc1OC)C(C)C. The molecule has 0 aliphatic carbocycles. The van der Waals surface area contributed by atoms with E-state index in [2.05, 4.69) is 4.98 Å². The number of pyridine rings is 1. The molecule has 19 heavy (non-hydrogen) atoms. The first kappa shape index (κ1) is 15.4. The second-order valence-electron chi connectivity index (χ2n) is 4.48. The predicted octanol–water partition coefficient (Wildman–Crippen LogP) is 1.86. The number of nitrogens with zero attached hydrogens (tertiary/aromatic N) is 2. The van der Waals surface area contributed by atoms with E-state index in [4.69, 9.17) is 9.47 Å². The molecule has 5 nitrogen and oxygen atoms in total. The number of ether oxygens (including phenoxy) is 2. The third-order valence-corrected chi connectivity index (χ3v) is 2.78. The van der Waals surface area contributed by atoms with Gasteiger partial charge in [-0.05, 0) is 26.8 Å². The van der Waals surface area contributed by atoms with Gasteiger partial charge in [-0.25, -0.2) is 4.98 Å². The molecule has 0 atom stereocenters. The van der Waals surface area contributed by atoms with Crippen LogP contribution in [0.2, 0.25) is 0 Å². The molecule has 5 heteroatoms. The van der Waals surface area contributed by atoms with Crippen molar-refractivity contribution in [1.82, 2.24) is 9.88 Å². The van der Waals surface area contributed by atoms with E-state index in [1.807, 2.05) is 37.8 Å². The van der Waals surface area contributed by atoms with Crippen LogP contribution in [-0.4, -0.2) is 42.2 Å². The van der Waals surface area contributed by atoms with Gasteiger partial charge in [0.1, 0.15) is 0 Å². The fourth-order valence-corrected chi connectivity index (χ4v) is 1.74. The Morgan fingerprint density at radius 1 is 1.47 bits per heavy atom. The Hall–Kier alpha value is -1.62. The summed E-state index contributed by atoms with van der Waals surface area (Å²) in [5.41, 5.74) is 0.961. The zero-order valence-electron chi connectivity index (χ0n) is 12.0. The first-order valence-electron chi connectivity index (χ1n) is 6.46. The molecule has 0 unspecified atom stereocenters. The molecule has 0 spiro atoms. The van der Waals surface area contributed by atoms with Crippen LogP contribution in [0.4, 0.5) is 0 Å². The second kappa shape index (κ2) is 7.74. The first-order chi connectivity index (χ1) is 9.08. The van der Waals surface area contributed by atoms with Gasteiger partial charge in [0.05, 0.1) is 20.3 Å². The molecule has 0 radical (unpaired) electrons. The van der Waals surface area contributed by atoms with Crippen molar-refractivity contribution in [2.75, 3.05) is 20.3 Å². The van der Waals surface area contributed by atoms with Crippen molar-refractivity contribution in [3.63, 3.8) is 0 Å². The summed E-state index contributed by atoms with van der Waals surface area (Å²) >= 11 is 0. The molecule has 0 saturated carbocycles. The van der Waals surface area contributed by atoms with Crippen molar-refractivity contribution in [3.8, 4) is 5.88 Å². The summed E-state index contributed by atoms with van der Waals surface area (Å²) < 4.78 is 10.2. The molecule has 0 aliphatic rings. The first-order valence-corrected chi connectivity index (χ1v) is 6.46. The van der Waals surface area contributed by atoms with Gasteiger partial charge >= 0.3 is 5.97 Å². The molecular weight excluding hydrogens is 244 g/mol. The van der Waals surface area contributed by atoms with E-state index in [9.17, 15) is 4.79 Å². The van der Waals surface area contributed by atoms with Crippen LogP contribution in [0.15, 0.2) is 18.3 Å². The van der Waals surface area contributed by atoms with Crippen molar-refractivity contribution >= 4 is 5.97 Å². The van der Waals surface area contributed by atoms with E-state index >= 15 is 0 Å². The number of aromatic nitrogens is 1. The Bertz CT molecular complexity index is 407. The van der Waals surface area contributed by atoms with E-state index in [0.29, 0.717) is 19.0 Å². The van der Waals surface area contributed by atoms with Crippen LogP contribution in [0.25, 0.3) is 0 Å². The van der Waals surface area contributed by atoms with Gasteiger partial charge in [-0.2, -0.15) is 0 Å². The largest absolute Gasteiger partial charge is 0.481 e. The molecular formula is C14H22N2O3. The Morgan fingerprint density at radius 2 is 2.21 bits per heavy atom. The lowest BCUT2D eigenvalue weighted by molar-refractivity contribution is -0.145. The van der Waals surface area contributed by atoms with Crippen LogP contribution in [0.3, 0.4) is 0 Å². The predicted molar refractivity (Wildman–Crippen MR) is 73.0 cm³/mol. The van der Waals surface area contributed by atoms with Gasteiger partial charge in [-0.1, -0.05) is 6.07 Å². The maximum Gasteiger partial charge on any atom is 0.320 e. The number of hydrogen-bond donors (Lipinski definition) is 0. The number of esters is 1. The fraction of sp³-hybridized carbons (Fsp3) is 0.571. The Balaban J connectivity index is 2.75. The van der Waals surface area contributed by atoms with Crippen LogP contribution < -0.4 is 4.74 Å². The van der Waals surface area contributed by atoms with Crippen LogP contribution >= 0.6 is 0 Å². The van der Waals surface area contributed by atoms with E-state index < -0.39 is 0 Å². The summed E-state index contributed by atoms with van der Waals surface area (Å²) in [6.45, 7) is 7.17. The normalized spacial score (nSPS) is 10.8. The lowest BCUT2D eigenvalue weighted by Gasteiger charge is -2.25. The van der Waals surface area contributed by atoms with Crippen LogP contribution in [-0.2, 0) is 16.1 Å². The highest BCUT2D eigenvalue weighted by Gasteiger charge is 2.17. The van der Waals surface area contributed by atoms with Crippen molar-refractivity contribution in [2.45, 2.75) is 33.4 Å². The molecule has 0 saturated heterocycles. The molecule has 0 aromatic carbocycles. The van der Waals surface area contributed by atoms with Crippen LogP contribution in [0.5, 0.6) is 5.88 Å². The molecule has 1 aromatic heterocycles. The van der Waals surface area contributed by atoms with Gasteiger partial charge in [0.15, 0.2) is 0 Å². The quantitative estimate of drug-likeness (QED) is 0.705. The zero-order chi connectivity index (χ0) is 14.3. The molecule has 0 fully saturated rings. The number of rotatable bonds is 7. The minimum absolute atomic E-state index is 0.209. The molecule has 0 aliphatic heterocycles. The molecule has 1 heterocycles. The van der Waals surface area contributed by atoms with Crippen LogP contribution in [0.1, 0.15) is 26.3 Å². The second-order valence-corrected chi connectivity index (χ2v) is 4.48. The summed E-state index contributed by atoms with van der Waals surface area (Å²) in [6.07, 6.45) is 1.69. The summed E-state index contributed by atoms with van der Waals surface area (Å²) in [5.74, 6) is 0.385. The minimum atomic E-state index is -0.209. The van der Waals surface area contributed by atoms with E-state index in [1.54, 1.807) is 13.3 Å². The van der Waals surface area contributed by atoms with E-state index in [0.717, 1.165) is 5.56 Å². The summed E-state index contributed by atoms with van der Waals surface area (Å²) in [4.78, 5) is 17.8. The summed E-state index contributed by atoms with van der Waals surface area (Å²) in [6, 6.07) is 4.04. The van der Waals surface area contributed by atoms with E-state index in [1.165, 1.54) is 0 Å². The standard InChI is InChI=1S/C14H22N2O3/c1-5-19-13(17)10-16(11(2)3)9-12-7-6-8-15-14(12)18-4/h6-8,11H,5,9-10H2,1-4H3. The maximum absolute atomic E-state index is 11.6. The monoisotopic (exact) mass is 266 g/mol. The summed E-state index contributed by atoms with van der Waals surface area (Å²) in [7, 11) is 1.59. The summed E-state index contributed by atoms with van der Waals surface area (Å²) in [5, 5.41) is 0. The van der Waals surface area contributed by atoms with Crippen molar-refractivity contribution in [1.29, 1.82) is 0 Å². The average molecular weight is 266 g/mol. The van der Waals surface area contributed by atoms with Gasteiger partial charge in [0.2, 0.25) is 5.88 Å². The number of hydrogen-bond acceptors (Lipinski definition) is 5. The van der Waals surface area contributed by atoms with Crippen molar-refractivity contribution in [2.24, 2.45) is 0 Å². The van der Waals surface area contributed by atoms with Gasteiger partial charge in [0, 0.05) is 24.3 Å². The Labute approximate surface area is 114 Å². The topological polar surface area (TPSA) is 51.7 Å². The number of methoxy groups -OCH3 is 1. The molecule has 0 N–H and O–H groups in total. The average Bonchev–Trinajstić information content (AvgIpc) is 2.38. The van der Waals surface area contributed by atoms with Crippen molar-refractivity contribution < 1.29 is 14.3 Å². The molecule has 0 bridgehead atoms. The van der Waals surface area contributed by atoms with E-state index in [-0.39, 0.29) is 18.6 Å². The Kier molecular flexibility index (Phi) is 6.29. The Morgan fingerprint density at radius 3 is 2.79 bits per heavy atom. The third kappa shape index (κ3) is 4.87. The lowest BCUT2D eigenvalue weighted by atomic mass is 10.2. The third-order valence-electron chi connectivity index (χ3n) is 2.78. The molecule has 106 valence electrons. The maximum atomic E-state index is 11.6. The fourth-order valence-electron chi connectivity index (χ4n) is 1.74. The van der Waals surface area contributed by atoms with Gasteiger partial charge in [-0.3, -0.25) is 9.69 Å². The van der Waals surface area contributed by atoms with Gasteiger partial charge < -0.3 is 9.47 Å².